The van der Waals surface area contributed by atoms with E-state index in [0.717, 1.165) is 31.7 Å². The van der Waals surface area contributed by atoms with E-state index in [-0.39, 0.29) is 5.97 Å². The lowest BCUT2D eigenvalue weighted by atomic mass is 10.0. The molecule has 116 valence electrons. The maximum Gasteiger partial charge on any atom is 0.338 e. The van der Waals surface area contributed by atoms with Gasteiger partial charge in [-0.15, -0.1) is 0 Å². The van der Waals surface area contributed by atoms with Crippen LogP contribution in [0.2, 0.25) is 0 Å². The van der Waals surface area contributed by atoms with Crippen molar-refractivity contribution in [1.29, 1.82) is 0 Å². The number of nitrogens with one attached hydrogen (secondary N) is 1. The summed E-state index contributed by atoms with van der Waals surface area (Å²) in [7, 11) is 1.44. The smallest absolute Gasteiger partial charge is 0.338 e. The molecule has 1 heterocycles. The van der Waals surface area contributed by atoms with Crippen LogP contribution in [0.1, 0.15) is 42.1 Å². The Kier molecular flexibility index (Phi) is 6.21. The predicted molar refractivity (Wildman–Crippen MR) is 84.4 cm³/mol. The molecule has 1 fully saturated rings. The van der Waals surface area contributed by atoms with Crippen LogP contribution >= 0.6 is 0 Å². The van der Waals surface area contributed by atoms with Crippen molar-refractivity contribution in [1.82, 2.24) is 10.2 Å². The maximum atomic E-state index is 11.8. The van der Waals surface area contributed by atoms with Gasteiger partial charge in [0.25, 0.3) is 0 Å². The molecular formula is C17H26N2O2. The van der Waals surface area contributed by atoms with E-state index < -0.39 is 0 Å². The average Bonchev–Trinajstić information content (AvgIpc) is 2.53. The first-order valence-corrected chi connectivity index (χ1v) is 7.86. The highest BCUT2D eigenvalue weighted by Crippen LogP contribution is 2.15. The SMILES string of the molecule is CCCC[C@H]1CN(Cc2ccccc2C(=O)OC)CCN1. The molecule has 4 nitrogen and oxygen atoms in total. The quantitative estimate of drug-likeness (QED) is 0.817. The summed E-state index contributed by atoms with van der Waals surface area (Å²) in [6, 6.07) is 8.31. The summed E-state index contributed by atoms with van der Waals surface area (Å²) in [5.74, 6) is -0.247. The lowest BCUT2D eigenvalue weighted by molar-refractivity contribution is 0.0597. The van der Waals surface area contributed by atoms with E-state index in [2.05, 4.69) is 17.1 Å². The lowest BCUT2D eigenvalue weighted by Crippen LogP contribution is -2.50. The fourth-order valence-corrected chi connectivity index (χ4v) is 2.89. The van der Waals surface area contributed by atoms with Gasteiger partial charge in [0, 0.05) is 32.2 Å². The highest BCUT2D eigenvalue weighted by atomic mass is 16.5. The van der Waals surface area contributed by atoms with Crippen LogP contribution in [0.3, 0.4) is 0 Å². The number of carbonyl (C=O) groups excluding carboxylic acids is 1. The Hall–Kier alpha value is -1.39. The van der Waals surface area contributed by atoms with Crippen LogP contribution in [0.4, 0.5) is 0 Å². The molecule has 1 atom stereocenters. The molecule has 0 amide bonds. The van der Waals surface area contributed by atoms with Crippen molar-refractivity contribution in [2.24, 2.45) is 0 Å². The largest absolute Gasteiger partial charge is 0.465 e. The number of nitrogens with zero attached hydrogens (tertiary/aromatic N) is 1. The first-order valence-electron chi connectivity index (χ1n) is 7.86. The number of unbranched alkanes of at least 4 members (excludes halogenated alkanes) is 1. The number of piperazine rings is 1. The Morgan fingerprint density at radius 2 is 2.24 bits per heavy atom. The zero-order valence-electron chi connectivity index (χ0n) is 13.1. The number of methoxy groups -OCH3 is 1. The molecule has 4 heteroatoms. The molecule has 0 aliphatic carbocycles. The van der Waals surface area contributed by atoms with E-state index in [0.29, 0.717) is 11.6 Å². The minimum Gasteiger partial charge on any atom is -0.465 e. The lowest BCUT2D eigenvalue weighted by Gasteiger charge is -2.34. The van der Waals surface area contributed by atoms with Gasteiger partial charge in [-0.2, -0.15) is 0 Å². The summed E-state index contributed by atoms with van der Waals surface area (Å²) in [6.07, 6.45) is 3.74. The Bertz CT molecular complexity index is 462. The van der Waals surface area contributed by atoms with Crippen molar-refractivity contribution in [2.75, 3.05) is 26.7 Å². The minimum absolute atomic E-state index is 0.247. The molecule has 1 N–H and O–H groups in total. The number of rotatable bonds is 6. The molecule has 0 saturated carbocycles. The Morgan fingerprint density at radius 3 is 3.00 bits per heavy atom. The van der Waals surface area contributed by atoms with Crippen LogP contribution < -0.4 is 5.32 Å². The molecule has 1 aliphatic heterocycles. The van der Waals surface area contributed by atoms with Gasteiger partial charge in [-0.25, -0.2) is 4.79 Å². The summed E-state index contributed by atoms with van der Waals surface area (Å²) >= 11 is 0. The second kappa shape index (κ2) is 8.15. The van der Waals surface area contributed by atoms with E-state index in [1.54, 1.807) is 0 Å². The van der Waals surface area contributed by atoms with Crippen LogP contribution in [0.5, 0.6) is 0 Å². The van der Waals surface area contributed by atoms with Gasteiger partial charge in [0.2, 0.25) is 0 Å². The van der Waals surface area contributed by atoms with Gasteiger partial charge in [-0.1, -0.05) is 38.0 Å². The third kappa shape index (κ3) is 4.55. The Labute approximate surface area is 127 Å². The predicted octanol–water partition coefficient (Wildman–Crippen LogP) is 2.44. The summed E-state index contributed by atoms with van der Waals surface area (Å²) in [5, 5.41) is 3.58. The molecule has 1 saturated heterocycles. The zero-order valence-corrected chi connectivity index (χ0v) is 13.1. The summed E-state index contributed by atoms with van der Waals surface area (Å²) < 4.78 is 4.87. The topological polar surface area (TPSA) is 41.6 Å². The molecule has 0 spiro atoms. The molecule has 1 aliphatic rings. The fourth-order valence-electron chi connectivity index (χ4n) is 2.89. The molecule has 21 heavy (non-hydrogen) atoms. The van der Waals surface area contributed by atoms with Crippen LogP contribution in [0.25, 0.3) is 0 Å². The van der Waals surface area contributed by atoms with Crippen LogP contribution in [0.15, 0.2) is 24.3 Å². The summed E-state index contributed by atoms with van der Waals surface area (Å²) in [4.78, 5) is 14.3. The summed E-state index contributed by atoms with van der Waals surface area (Å²) in [5.41, 5.74) is 1.74. The van der Waals surface area contributed by atoms with Crippen molar-refractivity contribution >= 4 is 5.97 Å². The van der Waals surface area contributed by atoms with Gasteiger partial charge < -0.3 is 10.1 Å². The van der Waals surface area contributed by atoms with E-state index >= 15 is 0 Å². The molecular weight excluding hydrogens is 264 g/mol. The molecule has 0 aromatic heterocycles. The van der Waals surface area contributed by atoms with E-state index in [9.17, 15) is 4.79 Å². The monoisotopic (exact) mass is 290 g/mol. The highest BCUT2D eigenvalue weighted by molar-refractivity contribution is 5.90. The van der Waals surface area contributed by atoms with Gasteiger partial charge in [0.1, 0.15) is 0 Å². The van der Waals surface area contributed by atoms with Crippen molar-refractivity contribution in [3.8, 4) is 0 Å². The molecule has 0 unspecified atom stereocenters. The molecule has 0 radical (unpaired) electrons. The highest BCUT2D eigenvalue weighted by Gasteiger charge is 2.20. The maximum absolute atomic E-state index is 11.8. The molecule has 2 rings (SSSR count). The zero-order chi connectivity index (χ0) is 15.1. The van der Waals surface area contributed by atoms with Crippen molar-refractivity contribution in [3.63, 3.8) is 0 Å². The van der Waals surface area contributed by atoms with Crippen molar-refractivity contribution < 1.29 is 9.53 Å². The van der Waals surface area contributed by atoms with Crippen LogP contribution in [-0.2, 0) is 11.3 Å². The van der Waals surface area contributed by atoms with Gasteiger partial charge in [0.15, 0.2) is 0 Å². The number of benzene rings is 1. The first-order chi connectivity index (χ1) is 10.2. The minimum atomic E-state index is -0.247. The molecule has 0 bridgehead atoms. The third-order valence-electron chi connectivity index (χ3n) is 4.06. The van der Waals surface area contributed by atoms with Crippen molar-refractivity contribution in [2.45, 2.75) is 38.8 Å². The first kappa shape index (κ1) is 16.0. The van der Waals surface area contributed by atoms with Gasteiger partial charge >= 0.3 is 5.97 Å². The number of carbonyl (C=O) groups is 1. The van der Waals surface area contributed by atoms with E-state index in [1.807, 2.05) is 24.3 Å². The van der Waals surface area contributed by atoms with Gasteiger partial charge in [-0.05, 0) is 18.1 Å². The standard InChI is InChI=1S/C17H26N2O2/c1-3-4-8-15-13-19(11-10-18-15)12-14-7-5-6-9-16(14)17(20)21-2/h5-7,9,15,18H,3-4,8,10-13H2,1-2H3/t15-/m0/s1. The van der Waals surface area contributed by atoms with Crippen LogP contribution in [-0.4, -0.2) is 43.7 Å². The Morgan fingerprint density at radius 1 is 1.43 bits per heavy atom. The normalized spacial score (nSPS) is 19.4. The second-order valence-corrected chi connectivity index (χ2v) is 5.68. The second-order valence-electron chi connectivity index (χ2n) is 5.68. The van der Waals surface area contributed by atoms with Gasteiger partial charge in [-0.3, -0.25) is 4.90 Å². The summed E-state index contributed by atoms with van der Waals surface area (Å²) in [6.45, 7) is 6.14. The van der Waals surface area contributed by atoms with Crippen molar-refractivity contribution in [3.05, 3.63) is 35.4 Å². The van der Waals surface area contributed by atoms with E-state index in [1.165, 1.54) is 26.4 Å². The fraction of sp³-hybridized carbons (Fsp3) is 0.588. The Balaban J connectivity index is 1.99. The third-order valence-corrected chi connectivity index (χ3v) is 4.06. The van der Waals surface area contributed by atoms with Gasteiger partial charge in [0.05, 0.1) is 12.7 Å². The van der Waals surface area contributed by atoms with E-state index in [4.69, 9.17) is 4.74 Å². The number of hydrogen-bond acceptors (Lipinski definition) is 4. The average molecular weight is 290 g/mol. The van der Waals surface area contributed by atoms with Crippen LogP contribution in [0, 0.1) is 0 Å². The number of ether oxygens (including phenoxy) is 1. The number of esters is 1. The molecule has 1 aromatic carbocycles. The molecule has 1 aromatic rings. The number of hydrogen-bond donors (Lipinski definition) is 1.